The lowest BCUT2D eigenvalue weighted by atomic mass is 10.2. The number of aliphatic hydroxyl groups is 1. The van der Waals surface area contributed by atoms with E-state index in [1.165, 1.54) is 17.7 Å². The molecule has 1 rings (SSSR count). The van der Waals surface area contributed by atoms with E-state index in [9.17, 15) is 14.7 Å². The Morgan fingerprint density at radius 3 is 2.22 bits per heavy atom. The molecule has 0 aliphatic rings. The molecule has 6 nitrogen and oxygen atoms in total. The first kappa shape index (κ1) is 31.8. The second kappa shape index (κ2) is 17.2. The van der Waals surface area contributed by atoms with Gasteiger partial charge in [0, 0.05) is 11.6 Å². The number of esters is 2. The number of hydrogen-bond donors (Lipinski definition) is 1. The van der Waals surface area contributed by atoms with E-state index in [1.807, 2.05) is 64.5 Å². The summed E-state index contributed by atoms with van der Waals surface area (Å²) in [5.74, 6) is -1.03. The number of unbranched alkanes of at least 4 members (excludes halogenated alkanes) is 1. The molecular weight excluding hydrogens is 430 g/mol. The average Bonchev–Trinajstić information content (AvgIpc) is 2.71. The molecule has 0 heterocycles. The Bertz CT molecular complexity index is 724. The van der Waals surface area contributed by atoms with Crippen LogP contribution in [-0.4, -0.2) is 61.6 Å². The maximum atomic E-state index is 12.0. The van der Waals surface area contributed by atoms with E-state index in [4.69, 9.17) is 9.47 Å². The molecule has 2 unspecified atom stereocenters. The van der Waals surface area contributed by atoms with Gasteiger partial charge in [0.1, 0.15) is 6.10 Å². The normalized spacial score (nSPS) is 12.4. The lowest BCUT2D eigenvalue weighted by molar-refractivity contribution is -0.920. The van der Waals surface area contributed by atoms with Crippen LogP contribution in [0.3, 0.4) is 0 Å². The molecule has 0 bridgehead atoms. The second-order valence-corrected chi connectivity index (χ2v) is 8.00. The highest BCUT2D eigenvalue weighted by Gasteiger charge is 2.32. The summed E-state index contributed by atoms with van der Waals surface area (Å²) in [6.45, 7) is 11.3. The van der Waals surface area contributed by atoms with Gasteiger partial charge >= 0.3 is 11.9 Å². The first-order valence-electron chi connectivity index (χ1n) is 10.4. The molecule has 0 saturated heterocycles. The fourth-order valence-corrected chi connectivity index (χ4v) is 2.43. The van der Waals surface area contributed by atoms with Crippen molar-refractivity contribution in [1.82, 2.24) is 0 Å². The van der Waals surface area contributed by atoms with Gasteiger partial charge < -0.3 is 27.0 Å². The molecule has 2 atom stereocenters. The van der Waals surface area contributed by atoms with Crippen LogP contribution in [0.25, 0.3) is 6.08 Å². The van der Waals surface area contributed by atoms with Crippen LogP contribution in [-0.2, 0) is 19.1 Å². The van der Waals surface area contributed by atoms with E-state index in [0.29, 0.717) is 6.61 Å². The molecule has 1 N–H and O–H groups in total. The molecule has 180 valence electrons. The molecule has 32 heavy (non-hydrogen) atoms. The van der Waals surface area contributed by atoms with E-state index in [0.717, 1.165) is 12.8 Å². The van der Waals surface area contributed by atoms with Crippen LogP contribution in [0, 0.1) is 0 Å². The summed E-state index contributed by atoms with van der Waals surface area (Å²) in [4.78, 5) is 23.4. The first-order chi connectivity index (χ1) is 14.5. The van der Waals surface area contributed by atoms with Crippen molar-refractivity contribution in [2.24, 2.45) is 0 Å². The first-order valence-corrected chi connectivity index (χ1v) is 10.4. The van der Waals surface area contributed by atoms with E-state index < -0.39 is 24.3 Å². The molecule has 0 fully saturated rings. The Hall–Kier alpha value is -2.41. The summed E-state index contributed by atoms with van der Waals surface area (Å²) in [7, 11) is 5.46. The number of ether oxygens (including phenoxy) is 2. The standard InChI is InChI=1S/C17H30NO5.C8H8.ClH/c1-7-8-12-22-15(20)11-9-10-13(2)17(21)23-16(14(3)19)18(4,5)6;1-2-8-6-4-3-5-7-8;/h9,11,14,16,19H,2,7-8,10,12H2,1,3-6H3;2-7H,1H2;1H/q+1;;/p-1. The van der Waals surface area contributed by atoms with Crippen LogP contribution in [0.5, 0.6) is 0 Å². The highest BCUT2D eigenvalue weighted by molar-refractivity contribution is 5.88. The maximum Gasteiger partial charge on any atom is 0.338 e. The lowest BCUT2D eigenvalue weighted by Crippen LogP contribution is -3.00. The zero-order chi connectivity index (χ0) is 23.9. The largest absolute Gasteiger partial charge is 1.00 e. The van der Waals surface area contributed by atoms with Gasteiger partial charge in [0.25, 0.3) is 6.23 Å². The van der Waals surface area contributed by atoms with Gasteiger partial charge in [-0.15, -0.1) is 0 Å². The lowest BCUT2D eigenvalue weighted by Gasteiger charge is -2.34. The number of carbonyl (C=O) groups excluding carboxylic acids is 2. The Labute approximate surface area is 199 Å². The van der Waals surface area contributed by atoms with Crippen LogP contribution in [0.15, 0.2) is 61.2 Å². The van der Waals surface area contributed by atoms with E-state index in [-0.39, 0.29) is 28.9 Å². The summed E-state index contributed by atoms with van der Waals surface area (Å²) < 4.78 is 10.5. The van der Waals surface area contributed by atoms with E-state index in [1.54, 1.807) is 6.92 Å². The molecular formula is C25H38ClNO5. The van der Waals surface area contributed by atoms with Crippen molar-refractivity contribution in [1.29, 1.82) is 0 Å². The Morgan fingerprint density at radius 1 is 1.19 bits per heavy atom. The third kappa shape index (κ3) is 14.6. The number of rotatable bonds is 11. The number of carbonyl (C=O) groups is 2. The highest BCUT2D eigenvalue weighted by atomic mass is 35.5. The van der Waals surface area contributed by atoms with Gasteiger partial charge in [0.15, 0.2) is 0 Å². The second-order valence-electron chi connectivity index (χ2n) is 8.00. The van der Waals surface area contributed by atoms with Crippen LogP contribution in [0.2, 0.25) is 0 Å². The van der Waals surface area contributed by atoms with Crippen LogP contribution in [0.1, 0.15) is 38.7 Å². The quantitative estimate of drug-likeness (QED) is 0.174. The van der Waals surface area contributed by atoms with Gasteiger partial charge in [0.2, 0.25) is 0 Å². The third-order valence-electron chi connectivity index (χ3n) is 4.09. The number of hydrogen-bond acceptors (Lipinski definition) is 5. The molecule has 0 radical (unpaired) electrons. The molecule has 0 aliphatic carbocycles. The predicted octanol–water partition coefficient (Wildman–Crippen LogP) is 1.12. The van der Waals surface area contributed by atoms with E-state index >= 15 is 0 Å². The van der Waals surface area contributed by atoms with Crippen molar-refractivity contribution in [3.63, 3.8) is 0 Å². The number of aliphatic hydroxyl groups excluding tert-OH is 1. The molecule has 1 aromatic carbocycles. The SMILES string of the molecule is C=C(CC=CC(=O)OCCCC)C(=O)OC(C(C)O)[N+](C)(C)C.C=Cc1ccccc1.[Cl-]. The molecule has 0 aliphatic heterocycles. The third-order valence-corrected chi connectivity index (χ3v) is 4.09. The number of allylic oxidation sites excluding steroid dienone is 1. The number of likely N-dealkylation sites (N-methyl/N-ethyl adjacent to an activating group) is 1. The molecule has 0 aromatic heterocycles. The van der Waals surface area contributed by atoms with Gasteiger partial charge in [-0.25, -0.2) is 9.59 Å². The van der Waals surface area contributed by atoms with Gasteiger partial charge in [-0.05, 0) is 25.3 Å². The Kier molecular flexibility index (Phi) is 17.1. The van der Waals surface area contributed by atoms with Crippen molar-refractivity contribution in [2.75, 3.05) is 27.7 Å². The molecule has 1 aromatic rings. The Balaban J connectivity index is 0. The molecule has 7 heteroatoms. The molecule has 0 spiro atoms. The van der Waals surface area contributed by atoms with Crippen molar-refractivity contribution in [3.05, 3.63) is 66.8 Å². The Morgan fingerprint density at radius 2 is 1.78 bits per heavy atom. The minimum absolute atomic E-state index is 0. The topological polar surface area (TPSA) is 72.8 Å². The monoisotopic (exact) mass is 467 g/mol. The van der Waals surface area contributed by atoms with Gasteiger partial charge in [-0.2, -0.15) is 0 Å². The van der Waals surface area contributed by atoms with E-state index in [2.05, 4.69) is 13.2 Å². The smallest absolute Gasteiger partial charge is 0.338 e. The minimum atomic E-state index is -0.809. The average molecular weight is 468 g/mol. The summed E-state index contributed by atoms with van der Waals surface area (Å²) in [6.07, 6.45) is 5.09. The number of quaternary nitrogens is 1. The predicted molar refractivity (Wildman–Crippen MR) is 125 cm³/mol. The number of benzene rings is 1. The summed E-state index contributed by atoms with van der Waals surface area (Å²) in [5, 5.41) is 9.73. The fourth-order valence-electron chi connectivity index (χ4n) is 2.43. The van der Waals surface area contributed by atoms with Crippen LogP contribution in [0.4, 0.5) is 0 Å². The van der Waals surface area contributed by atoms with Crippen LogP contribution >= 0.6 is 0 Å². The highest BCUT2D eigenvalue weighted by Crippen LogP contribution is 2.13. The van der Waals surface area contributed by atoms with Gasteiger partial charge in [0.05, 0.1) is 27.7 Å². The summed E-state index contributed by atoms with van der Waals surface area (Å²) in [5.41, 5.74) is 1.38. The molecule has 0 amide bonds. The fraction of sp³-hybridized carbons (Fsp3) is 0.440. The van der Waals surface area contributed by atoms with Crippen LogP contribution < -0.4 is 12.4 Å². The summed E-state index contributed by atoms with van der Waals surface area (Å²) in [6, 6.07) is 10.0. The van der Waals surface area contributed by atoms with Crippen molar-refractivity contribution in [3.8, 4) is 0 Å². The van der Waals surface area contributed by atoms with Crippen molar-refractivity contribution >= 4 is 18.0 Å². The number of halogens is 1. The van der Waals surface area contributed by atoms with Gasteiger partial charge in [-0.3, -0.25) is 4.48 Å². The maximum absolute atomic E-state index is 12.0. The minimum Gasteiger partial charge on any atom is -1.00 e. The number of nitrogens with zero attached hydrogens (tertiary/aromatic N) is 1. The van der Waals surface area contributed by atoms with Crippen molar-refractivity contribution in [2.45, 2.75) is 45.4 Å². The summed E-state index contributed by atoms with van der Waals surface area (Å²) >= 11 is 0. The zero-order valence-corrected chi connectivity index (χ0v) is 20.7. The van der Waals surface area contributed by atoms with Gasteiger partial charge in [-0.1, -0.05) is 69.0 Å². The zero-order valence-electron chi connectivity index (χ0n) is 19.9. The van der Waals surface area contributed by atoms with Crippen molar-refractivity contribution < 1.29 is 41.1 Å². The molecule has 0 saturated carbocycles.